The maximum absolute atomic E-state index is 12.7. The van der Waals surface area contributed by atoms with Crippen molar-refractivity contribution in [1.29, 1.82) is 0 Å². The number of amides is 1. The first-order valence-corrected chi connectivity index (χ1v) is 10.3. The van der Waals surface area contributed by atoms with Crippen molar-refractivity contribution in [2.24, 2.45) is 0 Å². The molecule has 1 amide bonds. The molecule has 0 saturated carbocycles. The molecule has 0 spiro atoms. The van der Waals surface area contributed by atoms with E-state index in [2.05, 4.69) is 20.4 Å². The second kappa shape index (κ2) is 7.91. The summed E-state index contributed by atoms with van der Waals surface area (Å²) in [4.78, 5) is 14.9. The van der Waals surface area contributed by atoms with Crippen molar-refractivity contribution in [2.45, 2.75) is 18.9 Å². The Labute approximate surface area is 178 Å². The highest BCUT2D eigenvalue weighted by Gasteiger charge is 2.24. The van der Waals surface area contributed by atoms with Crippen LogP contribution in [0.3, 0.4) is 0 Å². The quantitative estimate of drug-likeness (QED) is 0.664. The Morgan fingerprint density at radius 2 is 1.97 bits per heavy atom. The van der Waals surface area contributed by atoms with Crippen molar-refractivity contribution in [3.63, 3.8) is 0 Å². The van der Waals surface area contributed by atoms with Gasteiger partial charge in [0.2, 0.25) is 6.79 Å². The van der Waals surface area contributed by atoms with E-state index in [1.165, 1.54) is 0 Å². The smallest absolute Gasteiger partial charge is 0.251 e. The summed E-state index contributed by atoms with van der Waals surface area (Å²) in [6.07, 6.45) is 1.91. The molecule has 3 aromatic rings. The van der Waals surface area contributed by atoms with E-state index in [1.54, 1.807) is 18.2 Å². The van der Waals surface area contributed by atoms with Gasteiger partial charge < -0.3 is 19.7 Å². The molecular formula is C22H21ClN4O3. The van der Waals surface area contributed by atoms with Gasteiger partial charge in [-0.3, -0.25) is 9.89 Å². The van der Waals surface area contributed by atoms with Crippen LogP contribution < -0.4 is 19.7 Å². The van der Waals surface area contributed by atoms with Crippen molar-refractivity contribution in [3.05, 3.63) is 59.1 Å². The van der Waals surface area contributed by atoms with Crippen molar-refractivity contribution in [1.82, 2.24) is 15.5 Å². The summed E-state index contributed by atoms with van der Waals surface area (Å²) in [7, 11) is 0. The van der Waals surface area contributed by atoms with Gasteiger partial charge in [0.25, 0.3) is 5.91 Å². The Balaban J connectivity index is 1.25. The van der Waals surface area contributed by atoms with E-state index in [0.29, 0.717) is 28.6 Å². The van der Waals surface area contributed by atoms with Crippen molar-refractivity contribution >= 4 is 23.3 Å². The first kappa shape index (κ1) is 18.8. The van der Waals surface area contributed by atoms with Gasteiger partial charge in [0, 0.05) is 35.8 Å². The number of aromatic amines is 1. The number of benzene rings is 2. The first-order chi connectivity index (χ1) is 14.7. The summed E-state index contributed by atoms with van der Waals surface area (Å²) < 4.78 is 10.7. The number of anilines is 1. The molecule has 2 N–H and O–H groups in total. The molecule has 1 atom stereocenters. The number of nitrogens with one attached hydrogen (secondary N) is 2. The zero-order valence-electron chi connectivity index (χ0n) is 16.2. The zero-order chi connectivity index (χ0) is 20.5. The van der Waals surface area contributed by atoms with E-state index in [-0.39, 0.29) is 18.7 Å². The second-order valence-electron chi connectivity index (χ2n) is 7.47. The molecule has 2 aromatic carbocycles. The Morgan fingerprint density at radius 1 is 1.13 bits per heavy atom. The third-order valence-corrected chi connectivity index (χ3v) is 5.69. The van der Waals surface area contributed by atoms with Crippen LogP contribution in [0.5, 0.6) is 11.5 Å². The van der Waals surface area contributed by atoms with Crippen LogP contribution in [0, 0.1) is 0 Å². The molecule has 1 aromatic heterocycles. The SMILES string of the molecule is O=C(NC1CCCN(c2cc(-c3ccc(Cl)cc3)[nH]n2)C1)c1ccc2c(c1)OCO2. The minimum atomic E-state index is -0.107. The molecule has 1 saturated heterocycles. The highest BCUT2D eigenvalue weighted by molar-refractivity contribution is 6.30. The molecule has 2 aliphatic heterocycles. The third-order valence-electron chi connectivity index (χ3n) is 5.43. The van der Waals surface area contributed by atoms with E-state index in [4.69, 9.17) is 21.1 Å². The standard InChI is InChI=1S/C22H21ClN4O3/c23-16-6-3-14(4-7-16)18-11-21(26-25-18)27-9-1-2-17(12-27)24-22(28)15-5-8-19-20(10-15)30-13-29-19/h3-8,10-11,17H,1-2,9,12-13H2,(H,24,28)(H,25,26). The summed E-state index contributed by atoms with van der Waals surface area (Å²) in [5.74, 6) is 2.05. The molecule has 0 aliphatic carbocycles. The Bertz CT molecular complexity index is 1070. The van der Waals surface area contributed by atoms with Crippen molar-refractivity contribution in [3.8, 4) is 22.8 Å². The lowest BCUT2D eigenvalue weighted by Gasteiger charge is -2.33. The number of aromatic nitrogens is 2. The predicted molar refractivity (Wildman–Crippen MR) is 114 cm³/mol. The molecule has 0 bridgehead atoms. The Morgan fingerprint density at radius 3 is 2.83 bits per heavy atom. The number of H-pyrrole nitrogens is 1. The number of halogens is 1. The largest absolute Gasteiger partial charge is 0.454 e. The summed E-state index contributed by atoms with van der Waals surface area (Å²) in [5.41, 5.74) is 2.54. The van der Waals surface area contributed by atoms with E-state index >= 15 is 0 Å². The molecule has 154 valence electrons. The lowest BCUT2D eigenvalue weighted by atomic mass is 10.0. The number of ether oxygens (including phenoxy) is 2. The maximum atomic E-state index is 12.7. The van der Waals surface area contributed by atoms with Crippen LogP contribution in [0.15, 0.2) is 48.5 Å². The fourth-order valence-corrected chi connectivity index (χ4v) is 3.99. The fraction of sp³-hybridized carbons (Fsp3) is 0.273. The van der Waals surface area contributed by atoms with E-state index in [1.807, 2.05) is 30.3 Å². The van der Waals surface area contributed by atoms with Crippen LogP contribution in [0.4, 0.5) is 5.82 Å². The Kier molecular flexibility index (Phi) is 4.96. The molecule has 30 heavy (non-hydrogen) atoms. The van der Waals surface area contributed by atoms with Crippen molar-refractivity contribution in [2.75, 3.05) is 24.8 Å². The summed E-state index contributed by atoms with van der Waals surface area (Å²) in [6, 6.07) is 15.0. The number of rotatable bonds is 4. The van der Waals surface area contributed by atoms with Gasteiger partial charge >= 0.3 is 0 Å². The van der Waals surface area contributed by atoms with Crippen LogP contribution in [-0.2, 0) is 0 Å². The fourth-order valence-electron chi connectivity index (χ4n) is 3.86. The monoisotopic (exact) mass is 424 g/mol. The number of carbonyl (C=O) groups excluding carboxylic acids is 1. The average Bonchev–Trinajstić information content (AvgIpc) is 3.44. The van der Waals surface area contributed by atoms with Gasteiger partial charge in [-0.15, -0.1) is 0 Å². The normalized spacial score (nSPS) is 17.8. The first-order valence-electron chi connectivity index (χ1n) is 9.92. The number of carbonyl (C=O) groups is 1. The predicted octanol–water partition coefficient (Wildman–Crippen LogP) is 3.86. The average molecular weight is 425 g/mol. The summed E-state index contributed by atoms with van der Waals surface area (Å²) in [5, 5.41) is 11.4. The van der Waals surface area contributed by atoms with Gasteiger partial charge in [-0.05, 0) is 48.7 Å². The van der Waals surface area contributed by atoms with Crippen LogP contribution in [0.2, 0.25) is 5.02 Å². The zero-order valence-corrected chi connectivity index (χ0v) is 17.0. The molecule has 2 aliphatic rings. The second-order valence-corrected chi connectivity index (χ2v) is 7.91. The number of piperidine rings is 1. The van der Waals surface area contributed by atoms with Crippen molar-refractivity contribution < 1.29 is 14.3 Å². The van der Waals surface area contributed by atoms with E-state index in [0.717, 1.165) is 36.5 Å². The van der Waals surface area contributed by atoms with E-state index < -0.39 is 0 Å². The van der Waals surface area contributed by atoms with Gasteiger partial charge in [0.05, 0.1) is 5.69 Å². The van der Waals surface area contributed by atoms with Crippen LogP contribution in [0.1, 0.15) is 23.2 Å². The van der Waals surface area contributed by atoms with Gasteiger partial charge in [0.15, 0.2) is 17.3 Å². The van der Waals surface area contributed by atoms with E-state index in [9.17, 15) is 4.79 Å². The number of fused-ring (bicyclic) bond motifs is 1. The lowest BCUT2D eigenvalue weighted by molar-refractivity contribution is 0.0932. The van der Waals surface area contributed by atoms with Crippen LogP contribution in [-0.4, -0.2) is 42.0 Å². The van der Waals surface area contributed by atoms with Gasteiger partial charge in [-0.2, -0.15) is 5.10 Å². The topological polar surface area (TPSA) is 79.5 Å². The number of nitrogens with zero attached hydrogens (tertiary/aromatic N) is 2. The van der Waals surface area contributed by atoms with Gasteiger partial charge in [-0.1, -0.05) is 23.7 Å². The minimum absolute atomic E-state index is 0.0485. The summed E-state index contributed by atoms with van der Waals surface area (Å²) in [6.45, 7) is 1.81. The third kappa shape index (κ3) is 3.80. The molecule has 1 fully saturated rings. The van der Waals surface area contributed by atoms with Crippen LogP contribution in [0.25, 0.3) is 11.3 Å². The maximum Gasteiger partial charge on any atom is 0.251 e. The molecular weight excluding hydrogens is 404 g/mol. The number of hydrogen-bond donors (Lipinski definition) is 2. The molecule has 3 heterocycles. The van der Waals surface area contributed by atoms with Crippen LogP contribution >= 0.6 is 11.6 Å². The molecule has 7 nitrogen and oxygen atoms in total. The molecule has 1 unspecified atom stereocenters. The van der Waals surface area contributed by atoms with Gasteiger partial charge in [0.1, 0.15) is 0 Å². The summed E-state index contributed by atoms with van der Waals surface area (Å²) >= 11 is 5.97. The van der Waals surface area contributed by atoms with Gasteiger partial charge in [-0.25, -0.2) is 0 Å². The minimum Gasteiger partial charge on any atom is -0.454 e. The lowest BCUT2D eigenvalue weighted by Crippen LogP contribution is -2.48. The number of hydrogen-bond acceptors (Lipinski definition) is 5. The molecule has 5 rings (SSSR count). The molecule has 0 radical (unpaired) electrons. The highest BCUT2D eigenvalue weighted by atomic mass is 35.5. The highest BCUT2D eigenvalue weighted by Crippen LogP contribution is 2.32. The Hall–Kier alpha value is -3.19. The molecule has 8 heteroatoms.